The van der Waals surface area contributed by atoms with Crippen molar-refractivity contribution < 1.29 is 4.74 Å². The van der Waals surface area contributed by atoms with E-state index in [4.69, 9.17) is 4.74 Å². The first-order valence-electron chi connectivity index (χ1n) is 6.10. The zero-order chi connectivity index (χ0) is 12.9. The molecule has 1 aliphatic heterocycles. The van der Waals surface area contributed by atoms with E-state index in [1.54, 1.807) is 0 Å². The zero-order valence-electron chi connectivity index (χ0n) is 10.3. The molecule has 0 atom stereocenters. The van der Waals surface area contributed by atoms with Crippen molar-refractivity contribution in [3.05, 3.63) is 77.0 Å². The Labute approximate surface area is 119 Å². The van der Waals surface area contributed by atoms with E-state index in [1.807, 2.05) is 36.4 Å². The first-order valence-corrected chi connectivity index (χ1v) is 7.95. The van der Waals surface area contributed by atoms with Crippen LogP contribution >= 0.6 is 0 Å². The number of aliphatic imine (C=N–C) groups is 1. The summed E-state index contributed by atoms with van der Waals surface area (Å²) in [5, 5.41) is 0. The molecule has 0 bridgehead atoms. The normalized spacial score (nSPS) is 16.2. The molecule has 2 nitrogen and oxygen atoms in total. The van der Waals surface area contributed by atoms with Gasteiger partial charge in [-0.1, -0.05) is 0 Å². The summed E-state index contributed by atoms with van der Waals surface area (Å²) in [4.78, 5) is 6.60. The van der Waals surface area contributed by atoms with Crippen LogP contribution < -0.4 is 4.46 Å². The third-order valence-electron chi connectivity index (χ3n) is 2.70. The molecule has 0 saturated carbocycles. The van der Waals surface area contributed by atoms with Crippen molar-refractivity contribution >= 4 is 25.3 Å². The van der Waals surface area contributed by atoms with E-state index in [-0.39, 0.29) is 0 Å². The monoisotopic (exact) mass is 315 g/mol. The topological polar surface area (TPSA) is 21.6 Å². The number of benzene rings is 2. The molecular formula is C16H13NOSe. The minimum absolute atomic E-state index is 0.304. The van der Waals surface area contributed by atoms with E-state index in [2.05, 4.69) is 34.2 Å². The summed E-state index contributed by atoms with van der Waals surface area (Å²) in [6.45, 7) is 0.652. The van der Waals surface area contributed by atoms with Crippen molar-refractivity contribution in [2.24, 2.45) is 4.99 Å². The minimum atomic E-state index is 0.304. The van der Waals surface area contributed by atoms with E-state index in [9.17, 15) is 0 Å². The number of ether oxygens (including phenoxy) is 1. The van der Waals surface area contributed by atoms with Crippen LogP contribution in [-0.2, 0) is 4.74 Å². The quantitative estimate of drug-likeness (QED) is 0.797. The van der Waals surface area contributed by atoms with Gasteiger partial charge in [0.25, 0.3) is 0 Å². The SMILES string of the molecule is C(/[Se]c1ccccc1)=C1/CN=C(c2ccccc2)O1. The van der Waals surface area contributed by atoms with Gasteiger partial charge in [0.05, 0.1) is 0 Å². The fourth-order valence-electron chi connectivity index (χ4n) is 1.76. The van der Waals surface area contributed by atoms with E-state index in [0.717, 1.165) is 17.2 Å². The molecule has 0 aliphatic carbocycles. The van der Waals surface area contributed by atoms with Gasteiger partial charge in [-0.05, 0) is 0 Å². The van der Waals surface area contributed by atoms with Gasteiger partial charge in [0.15, 0.2) is 0 Å². The molecule has 0 spiro atoms. The zero-order valence-corrected chi connectivity index (χ0v) is 12.0. The van der Waals surface area contributed by atoms with Crippen molar-refractivity contribution in [3.63, 3.8) is 0 Å². The molecule has 0 unspecified atom stereocenters. The van der Waals surface area contributed by atoms with Gasteiger partial charge in [-0.15, -0.1) is 0 Å². The van der Waals surface area contributed by atoms with E-state index in [0.29, 0.717) is 21.5 Å². The van der Waals surface area contributed by atoms with Crippen LogP contribution in [0, 0.1) is 0 Å². The average molecular weight is 314 g/mol. The molecule has 2 aromatic rings. The fraction of sp³-hybridized carbons (Fsp3) is 0.0625. The van der Waals surface area contributed by atoms with Gasteiger partial charge in [-0.3, -0.25) is 0 Å². The summed E-state index contributed by atoms with van der Waals surface area (Å²) in [5.41, 5.74) is 1.04. The molecule has 94 valence electrons. The Balaban J connectivity index is 1.65. The second kappa shape index (κ2) is 5.87. The number of hydrogen-bond acceptors (Lipinski definition) is 2. The van der Waals surface area contributed by atoms with Crippen LogP contribution in [0.25, 0.3) is 0 Å². The van der Waals surface area contributed by atoms with Gasteiger partial charge in [-0.25, -0.2) is 0 Å². The van der Waals surface area contributed by atoms with Crippen LogP contribution in [-0.4, -0.2) is 27.4 Å². The molecule has 0 N–H and O–H groups in total. The summed E-state index contributed by atoms with van der Waals surface area (Å²) in [5.74, 6) is 1.69. The Hall–Kier alpha value is -1.83. The molecule has 0 saturated heterocycles. The van der Waals surface area contributed by atoms with Crippen molar-refractivity contribution in [1.29, 1.82) is 0 Å². The van der Waals surface area contributed by atoms with Crippen molar-refractivity contribution in [3.8, 4) is 0 Å². The second-order valence-electron chi connectivity index (χ2n) is 4.10. The van der Waals surface area contributed by atoms with Crippen LogP contribution in [0.4, 0.5) is 0 Å². The molecule has 3 heteroatoms. The molecular weight excluding hydrogens is 301 g/mol. The van der Waals surface area contributed by atoms with Gasteiger partial charge in [0.1, 0.15) is 0 Å². The third kappa shape index (κ3) is 3.14. The Kier molecular flexibility index (Phi) is 3.78. The van der Waals surface area contributed by atoms with Crippen LogP contribution in [0.2, 0.25) is 0 Å². The molecule has 0 radical (unpaired) electrons. The molecule has 0 fully saturated rings. The Morgan fingerprint density at radius 3 is 2.37 bits per heavy atom. The predicted molar refractivity (Wildman–Crippen MR) is 78.8 cm³/mol. The van der Waals surface area contributed by atoms with E-state index < -0.39 is 0 Å². The molecule has 0 amide bonds. The maximum atomic E-state index is 5.80. The van der Waals surface area contributed by atoms with E-state index in [1.165, 1.54) is 4.46 Å². The van der Waals surface area contributed by atoms with Crippen LogP contribution in [0.1, 0.15) is 5.56 Å². The first-order chi connectivity index (χ1) is 9.42. The molecule has 0 aromatic heterocycles. The molecule has 2 aromatic carbocycles. The molecule has 19 heavy (non-hydrogen) atoms. The summed E-state index contributed by atoms with van der Waals surface area (Å²) in [7, 11) is 0. The van der Waals surface area contributed by atoms with Gasteiger partial charge < -0.3 is 0 Å². The van der Waals surface area contributed by atoms with Gasteiger partial charge >= 0.3 is 119 Å². The van der Waals surface area contributed by atoms with Gasteiger partial charge in [0, 0.05) is 0 Å². The Morgan fingerprint density at radius 2 is 1.63 bits per heavy atom. The predicted octanol–water partition coefficient (Wildman–Crippen LogP) is 2.33. The Morgan fingerprint density at radius 1 is 0.947 bits per heavy atom. The fourth-order valence-corrected chi connectivity index (χ4v) is 3.24. The number of hydrogen-bond donors (Lipinski definition) is 0. The second-order valence-corrected chi connectivity index (χ2v) is 6.08. The van der Waals surface area contributed by atoms with Gasteiger partial charge in [0.2, 0.25) is 0 Å². The third-order valence-corrected chi connectivity index (χ3v) is 4.64. The number of rotatable bonds is 3. The Bertz CT molecular complexity index is 605. The van der Waals surface area contributed by atoms with Crippen LogP contribution in [0.3, 0.4) is 0 Å². The van der Waals surface area contributed by atoms with Crippen molar-refractivity contribution in [1.82, 2.24) is 0 Å². The maximum absolute atomic E-state index is 5.80. The van der Waals surface area contributed by atoms with Crippen molar-refractivity contribution in [2.45, 2.75) is 0 Å². The average Bonchev–Trinajstić information content (AvgIpc) is 2.96. The summed E-state index contributed by atoms with van der Waals surface area (Å²) >= 11 is 0.304. The summed E-state index contributed by atoms with van der Waals surface area (Å²) < 4.78 is 7.14. The number of nitrogens with zero attached hydrogens (tertiary/aromatic N) is 1. The standard InChI is InChI=1S/C16H13NOSe/c1-3-7-13(8-4-1)16-17-11-14(18-16)12-19-15-9-5-2-6-10-15/h1-10,12H,11H2/b14-12+. The first kappa shape index (κ1) is 12.2. The van der Waals surface area contributed by atoms with Gasteiger partial charge in [-0.2, -0.15) is 0 Å². The summed E-state index contributed by atoms with van der Waals surface area (Å²) in [6.07, 6.45) is 0. The molecule has 1 aliphatic rings. The van der Waals surface area contributed by atoms with Crippen LogP contribution in [0.5, 0.6) is 0 Å². The molecule has 1 heterocycles. The van der Waals surface area contributed by atoms with Crippen LogP contribution in [0.15, 0.2) is 76.4 Å². The van der Waals surface area contributed by atoms with E-state index >= 15 is 0 Å². The summed E-state index contributed by atoms with van der Waals surface area (Å²) in [6, 6.07) is 20.5. The molecule has 3 rings (SSSR count). The van der Waals surface area contributed by atoms with Crippen molar-refractivity contribution in [2.75, 3.05) is 6.54 Å².